The van der Waals surface area contributed by atoms with E-state index in [1.807, 2.05) is 49.4 Å². The number of urea groups is 1. The molecule has 0 radical (unpaired) electrons. The lowest BCUT2D eigenvalue weighted by atomic mass is 9.94. The summed E-state index contributed by atoms with van der Waals surface area (Å²) >= 11 is 6.24. The minimum atomic E-state index is -0.460. The second-order valence-corrected chi connectivity index (χ2v) is 8.03. The molecule has 1 N–H and O–H groups in total. The molecule has 8 heteroatoms. The third kappa shape index (κ3) is 4.34. The Hall–Kier alpha value is -3.32. The molecule has 1 aliphatic heterocycles. The van der Waals surface area contributed by atoms with Crippen molar-refractivity contribution in [3.05, 3.63) is 70.7 Å². The molecule has 3 aromatic rings. The maximum atomic E-state index is 12.9. The molecule has 0 spiro atoms. The van der Waals surface area contributed by atoms with E-state index in [4.69, 9.17) is 20.9 Å². The van der Waals surface area contributed by atoms with Gasteiger partial charge in [-0.15, -0.1) is 0 Å². The third-order valence-corrected chi connectivity index (χ3v) is 5.73. The van der Waals surface area contributed by atoms with Crippen LogP contribution in [-0.4, -0.2) is 34.7 Å². The first kappa shape index (κ1) is 21.9. The maximum Gasteiger partial charge on any atom is 0.322 e. The highest BCUT2D eigenvalue weighted by Crippen LogP contribution is 2.38. The number of allylic oxidation sites excluding steroid dienone is 1. The number of carbonyl (C=O) groups excluding carboxylic acids is 1. The molecule has 32 heavy (non-hydrogen) atoms. The van der Waals surface area contributed by atoms with Gasteiger partial charge in [-0.05, 0) is 43.2 Å². The number of ether oxygens (including phenoxy) is 1. The predicted octanol–water partition coefficient (Wildman–Crippen LogP) is 5.70. The van der Waals surface area contributed by atoms with Crippen molar-refractivity contribution in [2.45, 2.75) is 32.7 Å². The summed E-state index contributed by atoms with van der Waals surface area (Å²) in [5.41, 5.74) is 3.16. The number of amides is 2. The van der Waals surface area contributed by atoms with Gasteiger partial charge in [0.2, 0.25) is 5.82 Å². The number of benzene rings is 2. The molecular formula is C24H25ClN4O3. The smallest absolute Gasteiger partial charge is 0.322 e. The van der Waals surface area contributed by atoms with E-state index >= 15 is 0 Å². The number of unbranched alkanes of at least 4 members (excludes halogenated alkanes) is 1. The van der Waals surface area contributed by atoms with Crippen LogP contribution in [0.15, 0.2) is 58.8 Å². The molecule has 4 rings (SSSR count). The van der Waals surface area contributed by atoms with Crippen molar-refractivity contribution in [3.63, 3.8) is 0 Å². The number of hydrogen-bond acceptors (Lipinski definition) is 5. The van der Waals surface area contributed by atoms with Crippen LogP contribution in [0.5, 0.6) is 5.75 Å². The van der Waals surface area contributed by atoms with E-state index in [0.29, 0.717) is 29.0 Å². The highest BCUT2D eigenvalue weighted by atomic mass is 35.5. The molecule has 0 aliphatic carbocycles. The van der Waals surface area contributed by atoms with Gasteiger partial charge >= 0.3 is 6.03 Å². The van der Waals surface area contributed by atoms with Crippen LogP contribution in [0.4, 0.5) is 4.79 Å². The van der Waals surface area contributed by atoms with Gasteiger partial charge in [-0.25, -0.2) is 4.79 Å². The van der Waals surface area contributed by atoms with Crippen LogP contribution in [0.1, 0.15) is 44.2 Å². The first-order valence-corrected chi connectivity index (χ1v) is 10.9. The molecule has 0 saturated heterocycles. The van der Waals surface area contributed by atoms with Crippen LogP contribution >= 0.6 is 11.6 Å². The third-order valence-electron chi connectivity index (χ3n) is 5.50. The fourth-order valence-corrected chi connectivity index (χ4v) is 3.99. The molecule has 2 aromatic carbocycles. The van der Waals surface area contributed by atoms with Crippen molar-refractivity contribution >= 4 is 23.2 Å². The Labute approximate surface area is 192 Å². The average molecular weight is 453 g/mol. The minimum Gasteiger partial charge on any atom is -0.497 e. The summed E-state index contributed by atoms with van der Waals surface area (Å²) in [6.07, 6.45) is 1.86. The largest absolute Gasteiger partial charge is 0.497 e. The molecule has 7 nitrogen and oxygen atoms in total. The highest BCUT2D eigenvalue weighted by molar-refractivity contribution is 6.30. The number of methoxy groups -OCH3 is 1. The van der Waals surface area contributed by atoms with Crippen molar-refractivity contribution < 1.29 is 14.1 Å². The van der Waals surface area contributed by atoms with Crippen LogP contribution in [0.3, 0.4) is 0 Å². The molecule has 0 fully saturated rings. The lowest BCUT2D eigenvalue weighted by Gasteiger charge is -2.35. The first-order valence-electron chi connectivity index (χ1n) is 10.5. The number of aromatic nitrogens is 2. The number of rotatable bonds is 7. The van der Waals surface area contributed by atoms with E-state index in [1.165, 1.54) is 0 Å². The molecule has 0 bridgehead atoms. The van der Waals surface area contributed by atoms with Crippen molar-refractivity contribution in [2.75, 3.05) is 13.7 Å². The van der Waals surface area contributed by atoms with E-state index in [2.05, 4.69) is 22.4 Å². The van der Waals surface area contributed by atoms with Gasteiger partial charge < -0.3 is 14.6 Å². The van der Waals surface area contributed by atoms with Crippen molar-refractivity contribution in [1.29, 1.82) is 0 Å². The molecule has 2 heterocycles. The predicted molar refractivity (Wildman–Crippen MR) is 123 cm³/mol. The second-order valence-electron chi connectivity index (χ2n) is 7.60. The van der Waals surface area contributed by atoms with Gasteiger partial charge in [-0.1, -0.05) is 54.4 Å². The fourth-order valence-electron chi connectivity index (χ4n) is 3.79. The first-order chi connectivity index (χ1) is 15.5. The van der Waals surface area contributed by atoms with Crippen LogP contribution < -0.4 is 10.1 Å². The van der Waals surface area contributed by atoms with Gasteiger partial charge in [0.15, 0.2) is 0 Å². The summed E-state index contributed by atoms with van der Waals surface area (Å²) in [6, 6.07) is 14.3. The topological polar surface area (TPSA) is 80.5 Å². The zero-order chi connectivity index (χ0) is 22.7. The SMILES string of the molecule is CCCCN1C(=O)NC(c2cccc(Cl)c2)C(c2nc(-c3cccc(OC)c3)no2)=C1C. The van der Waals surface area contributed by atoms with E-state index in [1.54, 1.807) is 18.1 Å². The number of nitrogens with one attached hydrogen (secondary N) is 1. The Morgan fingerprint density at radius 3 is 2.78 bits per heavy atom. The Balaban J connectivity index is 1.80. The molecule has 1 atom stereocenters. The maximum absolute atomic E-state index is 12.9. The van der Waals surface area contributed by atoms with E-state index < -0.39 is 6.04 Å². The molecule has 1 aliphatic rings. The number of carbonyl (C=O) groups is 1. The fraction of sp³-hybridized carbons (Fsp3) is 0.292. The average Bonchev–Trinajstić information content (AvgIpc) is 3.28. The summed E-state index contributed by atoms with van der Waals surface area (Å²) in [5.74, 6) is 1.50. The van der Waals surface area contributed by atoms with Gasteiger partial charge in [0.25, 0.3) is 5.89 Å². The second kappa shape index (κ2) is 9.44. The molecule has 0 saturated carbocycles. The van der Waals surface area contributed by atoms with Gasteiger partial charge in [0.1, 0.15) is 5.75 Å². The number of hydrogen-bond donors (Lipinski definition) is 1. The molecule has 2 amide bonds. The van der Waals surface area contributed by atoms with Crippen LogP contribution in [-0.2, 0) is 0 Å². The number of nitrogens with zero attached hydrogens (tertiary/aromatic N) is 3. The Morgan fingerprint density at radius 2 is 2.03 bits per heavy atom. The molecule has 1 unspecified atom stereocenters. The summed E-state index contributed by atoms with van der Waals surface area (Å²) in [6.45, 7) is 4.61. The summed E-state index contributed by atoms with van der Waals surface area (Å²) in [7, 11) is 1.61. The van der Waals surface area contributed by atoms with E-state index in [-0.39, 0.29) is 6.03 Å². The Bertz CT molecular complexity index is 1160. The monoisotopic (exact) mass is 452 g/mol. The van der Waals surface area contributed by atoms with Gasteiger partial charge in [-0.3, -0.25) is 4.90 Å². The normalized spacial score (nSPS) is 16.3. The quantitative estimate of drug-likeness (QED) is 0.497. The zero-order valence-corrected chi connectivity index (χ0v) is 19.0. The Kier molecular flexibility index (Phi) is 6.46. The molecule has 166 valence electrons. The lowest BCUT2D eigenvalue weighted by molar-refractivity contribution is 0.204. The summed E-state index contributed by atoms with van der Waals surface area (Å²) < 4.78 is 11.0. The molecule has 1 aromatic heterocycles. The molecular weight excluding hydrogens is 428 g/mol. The van der Waals surface area contributed by atoms with Crippen molar-refractivity contribution in [3.8, 4) is 17.1 Å². The highest BCUT2D eigenvalue weighted by Gasteiger charge is 2.35. The standard InChI is InChI=1S/C24H25ClN4O3/c1-4-5-12-29-15(2)20(21(26-24(29)30)16-8-6-10-18(25)13-16)23-27-22(28-32-23)17-9-7-11-19(14-17)31-3/h6-11,13-14,21H,4-5,12H2,1-3H3,(H,26,30). The van der Waals surface area contributed by atoms with Crippen LogP contribution in [0.25, 0.3) is 17.0 Å². The summed E-state index contributed by atoms with van der Waals surface area (Å²) in [4.78, 5) is 19.3. The number of halogens is 1. The van der Waals surface area contributed by atoms with E-state index in [9.17, 15) is 4.79 Å². The van der Waals surface area contributed by atoms with Crippen LogP contribution in [0, 0.1) is 0 Å². The van der Waals surface area contributed by atoms with Gasteiger partial charge in [0, 0.05) is 22.8 Å². The van der Waals surface area contributed by atoms with E-state index in [0.717, 1.165) is 35.2 Å². The minimum absolute atomic E-state index is 0.155. The Morgan fingerprint density at radius 1 is 1.22 bits per heavy atom. The lowest BCUT2D eigenvalue weighted by Crippen LogP contribution is -2.46. The summed E-state index contributed by atoms with van der Waals surface area (Å²) in [5, 5.41) is 7.87. The van der Waals surface area contributed by atoms with Crippen molar-refractivity contribution in [2.24, 2.45) is 0 Å². The van der Waals surface area contributed by atoms with Gasteiger partial charge in [-0.2, -0.15) is 4.98 Å². The van der Waals surface area contributed by atoms with Crippen LogP contribution in [0.2, 0.25) is 5.02 Å². The van der Waals surface area contributed by atoms with Crippen molar-refractivity contribution in [1.82, 2.24) is 20.4 Å². The zero-order valence-electron chi connectivity index (χ0n) is 18.3. The van der Waals surface area contributed by atoms with Gasteiger partial charge in [0.05, 0.1) is 18.7 Å².